The molecule has 0 spiro atoms. The maximum absolute atomic E-state index is 11.9. The van der Waals surface area contributed by atoms with E-state index in [0.29, 0.717) is 0 Å². The van der Waals surface area contributed by atoms with Gasteiger partial charge in [0, 0.05) is 0 Å². The number of sulfonamides is 1. The van der Waals surface area contributed by atoms with Gasteiger partial charge in [-0.2, -0.15) is 0 Å². The lowest BCUT2D eigenvalue weighted by Crippen LogP contribution is -2.19. The molecule has 0 saturated carbocycles. The van der Waals surface area contributed by atoms with Crippen molar-refractivity contribution in [2.45, 2.75) is 6.36 Å². The third-order valence-electron chi connectivity index (χ3n) is 1.35. The van der Waals surface area contributed by atoms with E-state index in [2.05, 4.69) is 10.8 Å². The average molecular weight is 254 g/mol. The van der Waals surface area contributed by atoms with Gasteiger partial charge in [0.15, 0.2) is 5.75 Å². The Morgan fingerprint density at radius 1 is 1.44 bits per heavy atom. The quantitative estimate of drug-likeness (QED) is 0.894. The van der Waals surface area contributed by atoms with E-state index in [4.69, 9.17) is 0 Å². The van der Waals surface area contributed by atoms with Gasteiger partial charge in [0.2, 0.25) is 10.0 Å². The maximum atomic E-state index is 11.9. The summed E-state index contributed by atoms with van der Waals surface area (Å²) in [6, 6.07) is 5.61. The van der Waals surface area contributed by atoms with Crippen LogP contribution in [-0.4, -0.2) is 21.0 Å². The Morgan fingerprint density at radius 2 is 2.06 bits per heavy atom. The van der Waals surface area contributed by atoms with Gasteiger partial charge in [0.05, 0.1) is 11.9 Å². The van der Waals surface area contributed by atoms with E-state index in [-0.39, 0.29) is 5.69 Å². The molecule has 0 atom stereocenters. The van der Waals surface area contributed by atoms with Crippen molar-refractivity contribution in [3.63, 3.8) is 0 Å². The first kappa shape index (κ1) is 12.6. The minimum absolute atomic E-state index is 0.293. The first-order valence-electron chi connectivity index (χ1n) is 3.91. The molecule has 0 aliphatic heterocycles. The lowest BCUT2D eigenvalue weighted by molar-refractivity contribution is -0.274. The number of hydrogen-bond donors (Lipinski definition) is 1. The molecule has 89 valence electrons. The number of rotatable bonds is 3. The molecule has 8 heteroatoms. The van der Waals surface area contributed by atoms with Crippen LogP contribution in [0.3, 0.4) is 0 Å². The van der Waals surface area contributed by atoms with Crippen LogP contribution in [0.25, 0.3) is 0 Å². The molecule has 0 aromatic heterocycles. The van der Waals surface area contributed by atoms with Gasteiger partial charge in [-0.3, -0.25) is 4.72 Å². The van der Waals surface area contributed by atoms with Crippen molar-refractivity contribution < 1.29 is 26.3 Å². The average Bonchev–Trinajstić information content (AvgIpc) is 2.03. The molecule has 0 aliphatic carbocycles. The topological polar surface area (TPSA) is 55.4 Å². The lowest BCUT2D eigenvalue weighted by atomic mass is 10.3. The number of alkyl halides is 3. The number of ether oxygens (including phenoxy) is 1. The van der Waals surface area contributed by atoms with E-state index in [0.717, 1.165) is 18.4 Å². The van der Waals surface area contributed by atoms with E-state index in [1.165, 1.54) is 6.07 Å². The summed E-state index contributed by atoms with van der Waals surface area (Å²) in [4.78, 5) is 0. The molecule has 0 fully saturated rings. The largest absolute Gasteiger partial charge is 0.573 e. The Balaban J connectivity index is 3.01. The van der Waals surface area contributed by atoms with Crippen molar-refractivity contribution in [1.82, 2.24) is 0 Å². The second-order valence-electron chi connectivity index (χ2n) is 2.84. The summed E-state index contributed by atoms with van der Waals surface area (Å²) >= 11 is 0. The third-order valence-corrected chi connectivity index (χ3v) is 1.94. The SMILES string of the molecule is CS(=O)(=O)Nc1cc[c]cc1OC(F)(F)F. The highest BCUT2D eigenvalue weighted by Gasteiger charge is 2.32. The van der Waals surface area contributed by atoms with Gasteiger partial charge in [-0.05, 0) is 18.2 Å². The van der Waals surface area contributed by atoms with Crippen LogP contribution in [0.1, 0.15) is 0 Å². The van der Waals surface area contributed by atoms with Crippen molar-refractivity contribution in [3.8, 4) is 5.75 Å². The van der Waals surface area contributed by atoms with Crippen molar-refractivity contribution in [1.29, 1.82) is 0 Å². The maximum Gasteiger partial charge on any atom is 0.573 e. The first-order chi connectivity index (χ1) is 7.17. The normalized spacial score (nSPS) is 12.2. The molecule has 16 heavy (non-hydrogen) atoms. The molecule has 0 unspecified atom stereocenters. The summed E-state index contributed by atoms with van der Waals surface area (Å²) in [5.41, 5.74) is -0.293. The van der Waals surface area contributed by atoms with Crippen molar-refractivity contribution in [2.24, 2.45) is 0 Å². The van der Waals surface area contributed by atoms with E-state index >= 15 is 0 Å². The zero-order valence-corrected chi connectivity index (χ0v) is 8.82. The number of nitrogens with one attached hydrogen (secondary N) is 1. The molecule has 0 heterocycles. The molecular weight excluding hydrogens is 247 g/mol. The Kier molecular flexibility index (Phi) is 3.32. The number of benzene rings is 1. The number of halogens is 3. The summed E-state index contributed by atoms with van der Waals surface area (Å²) < 4.78 is 63.1. The van der Waals surface area contributed by atoms with Crippen LogP contribution >= 0.6 is 0 Å². The fraction of sp³-hybridized carbons (Fsp3) is 0.250. The number of anilines is 1. The van der Waals surface area contributed by atoms with Crippen LogP contribution in [0, 0.1) is 6.07 Å². The monoisotopic (exact) mass is 254 g/mol. The van der Waals surface area contributed by atoms with E-state index in [1.807, 2.05) is 4.72 Å². The standard InChI is InChI=1S/C8H7F3NO3S/c1-16(13,14)12-6-4-2-3-5-7(6)15-8(9,10)11/h2,4-5,12H,1H3. The molecule has 4 nitrogen and oxygen atoms in total. The predicted molar refractivity (Wildman–Crippen MR) is 50.4 cm³/mol. The molecule has 0 amide bonds. The van der Waals surface area contributed by atoms with Crippen molar-refractivity contribution >= 4 is 15.7 Å². The van der Waals surface area contributed by atoms with Crippen molar-refractivity contribution in [3.05, 3.63) is 24.3 Å². The Labute approximate surface area is 90.1 Å². The lowest BCUT2D eigenvalue weighted by Gasteiger charge is -2.13. The predicted octanol–water partition coefficient (Wildman–Crippen LogP) is 1.76. The van der Waals surface area contributed by atoms with Gasteiger partial charge in [0.1, 0.15) is 0 Å². The molecule has 1 N–H and O–H groups in total. The molecule has 1 radical (unpaired) electrons. The minimum Gasteiger partial charge on any atom is -0.404 e. The van der Waals surface area contributed by atoms with Gasteiger partial charge in [0.25, 0.3) is 0 Å². The fourth-order valence-corrected chi connectivity index (χ4v) is 1.48. The van der Waals surface area contributed by atoms with E-state index in [1.54, 1.807) is 0 Å². The highest BCUT2D eigenvalue weighted by Crippen LogP contribution is 2.30. The van der Waals surface area contributed by atoms with Gasteiger partial charge in [-0.1, -0.05) is 6.07 Å². The van der Waals surface area contributed by atoms with E-state index < -0.39 is 22.1 Å². The molecular formula is C8H7F3NO3S. The molecule has 0 saturated heterocycles. The molecule has 0 aliphatic rings. The molecule has 0 bridgehead atoms. The Morgan fingerprint density at radius 3 is 2.56 bits per heavy atom. The fourth-order valence-electron chi connectivity index (χ4n) is 0.908. The van der Waals surface area contributed by atoms with Crippen LogP contribution in [0.15, 0.2) is 18.2 Å². The van der Waals surface area contributed by atoms with Crippen molar-refractivity contribution in [2.75, 3.05) is 11.0 Å². The first-order valence-corrected chi connectivity index (χ1v) is 5.80. The van der Waals surface area contributed by atoms with Gasteiger partial charge in [-0.25, -0.2) is 8.42 Å². The number of hydrogen-bond acceptors (Lipinski definition) is 3. The zero-order chi connectivity index (χ0) is 12.4. The second kappa shape index (κ2) is 4.20. The zero-order valence-electron chi connectivity index (χ0n) is 8.00. The smallest absolute Gasteiger partial charge is 0.404 e. The van der Waals surface area contributed by atoms with Crippen LogP contribution < -0.4 is 9.46 Å². The minimum atomic E-state index is -4.89. The highest BCUT2D eigenvalue weighted by atomic mass is 32.2. The van der Waals surface area contributed by atoms with Crippen LogP contribution in [0.2, 0.25) is 0 Å². The summed E-state index contributed by atoms with van der Waals surface area (Å²) in [6.45, 7) is 0. The summed E-state index contributed by atoms with van der Waals surface area (Å²) in [5.74, 6) is -0.652. The summed E-state index contributed by atoms with van der Waals surface area (Å²) in [6.07, 6.45) is -4.07. The molecule has 1 rings (SSSR count). The Bertz CT molecular complexity index is 470. The Hall–Kier alpha value is -1.44. The van der Waals surface area contributed by atoms with E-state index in [9.17, 15) is 21.6 Å². The summed E-state index contributed by atoms with van der Waals surface area (Å²) in [5, 5.41) is 0. The third kappa shape index (κ3) is 4.39. The molecule has 1 aromatic carbocycles. The van der Waals surface area contributed by atoms with Gasteiger partial charge >= 0.3 is 6.36 Å². The van der Waals surface area contributed by atoms with Gasteiger partial charge < -0.3 is 4.74 Å². The van der Waals surface area contributed by atoms with Crippen LogP contribution in [0.5, 0.6) is 5.75 Å². The van der Waals surface area contributed by atoms with Crippen LogP contribution in [-0.2, 0) is 10.0 Å². The second-order valence-corrected chi connectivity index (χ2v) is 4.59. The van der Waals surface area contributed by atoms with Crippen LogP contribution in [0.4, 0.5) is 18.9 Å². The van der Waals surface area contributed by atoms with Gasteiger partial charge in [-0.15, -0.1) is 13.2 Å². The summed E-state index contributed by atoms with van der Waals surface area (Å²) in [7, 11) is -3.67. The molecule has 1 aromatic rings. The highest BCUT2D eigenvalue weighted by molar-refractivity contribution is 7.92.